The molecule has 2 heterocycles. The molecule has 1 aromatic heterocycles. The zero-order chi connectivity index (χ0) is 13.6. The number of nitrogens with one attached hydrogen (secondary N) is 1. The lowest BCUT2D eigenvalue weighted by Gasteiger charge is -2.29. The summed E-state index contributed by atoms with van der Waals surface area (Å²) in [6, 6.07) is 10.3. The third-order valence-corrected chi connectivity index (χ3v) is 3.45. The summed E-state index contributed by atoms with van der Waals surface area (Å²) in [4.78, 5) is 2.39. The first-order valence-electron chi connectivity index (χ1n) is 7.08. The van der Waals surface area contributed by atoms with E-state index in [1.807, 2.05) is 23.0 Å². The number of ether oxygens (including phenoxy) is 1. The van der Waals surface area contributed by atoms with Crippen molar-refractivity contribution in [2.24, 2.45) is 0 Å². The number of benzene rings is 1. The van der Waals surface area contributed by atoms with Crippen LogP contribution in [0, 0.1) is 0 Å². The van der Waals surface area contributed by atoms with Gasteiger partial charge in [0.15, 0.2) is 0 Å². The number of anilines is 1. The summed E-state index contributed by atoms with van der Waals surface area (Å²) >= 11 is 0. The molecule has 1 fully saturated rings. The fourth-order valence-electron chi connectivity index (χ4n) is 2.38. The maximum absolute atomic E-state index is 5.81. The van der Waals surface area contributed by atoms with Crippen LogP contribution in [0.5, 0.6) is 5.75 Å². The van der Waals surface area contributed by atoms with Crippen molar-refractivity contribution in [2.75, 3.05) is 37.7 Å². The summed E-state index contributed by atoms with van der Waals surface area (Å²) in [7, 11) is 0. The van der Waals surface area contributed by atoms with E-state index in [-0.39, 0.29) is 0 Å². The second kappa shape index (κ2) is 6.43. The van der Waals surface area contributed by atoms with Gasteiger partial charge in [-0.05, 0) is 18.2 Å². The minimum absolute atomic E-state index is 0.632. The molecule has 0 atom stereocenters. The van der Waals surface area contributed by atoms with E-state index in [1.165, 1.54) is 5.69 Å². The van der Waals surface area contributed by atoms with Gasteiger partial charge in [-0.1, -0.05) is 6.07 Å². The first-order chi connectivity index (χ1) is 9.92. The van der Waals surface area contributed by atoms with Gasteiger partial charge in [0.1, 0.15) is 12.4 Å². The molecule has 5 nitrogen and oxygen atoms in total. The lowest BCUT2D eigenvalue weighted by molar-refractivity contribution is 0.291. The first-order valence-corrected chi connectivity index (χ1v) is 7.08. The molecule has 3 rings (SSSR count). The topological polar surface area (TPSA) is 42.3 Å². The Balaban J connectivity index is 1.56. The van der Waals surface area contributed by atoms with Gasteiger partial charge in [-0.3, -0.25) is 4.68 Å². The molecule has 2 aromatic rings. The molecule has 0 aliphatic carbocycles. The van der Waals surface area contributed by atoms with Gasteiger partial charge in [-0.25, -0.2) is 0 Å². The number of rotatable bonds is 5. The standard InChI is InChI=1S/C15H20N4O/c1-3-14(18-9-6-16-7-10-18)13-15(4-1)20-12-11-19-8-2-5-17-19/h1-5,8,13,16H,6-7,9-12H2. The van der Waals surface area contributed by atoms with Crippen LogP contribution in [-0.2, 0) is 6.54 Å². The molecule has 0 bridgehead atoms. The van der Waals surface area contributed by atoms with Crippen LogP contribution in [0.15, 0.2) is 42.7 Å². The van der Waals surface area contributed by atoms with Crippen molar-refractivity contribution >= 4 is 5.69 Å². The molecule has 5 heteroatoms. The molecule has 0 radical (unpaired) electrons. The van der Waals surface area contributed by atoms with E-state index in [2.05, 4.69) is 33.5 Å². The van der Waals surface area contributed by atoms with Gasteiger partial charge in [0.2, 0.25) is 0 Å². The molecule has 1 N–H and O–H groups in total. The molecular formula is C15H20N4O. The van der Waals surface area contributed by atoms with Crippen LogP contribution in [0.3, 0.4) is 0 Å². The van der Waals surface area contributed by atoms with Crippen molar-refractivity contribution in [3.63, 3.8) is 0 Å². The van der Waals surface area contributed by atoms with E-state index in [9.17, 15) is 0 Å². The Morgan fingerprint density at radius 3 is 2.90 bits per heavy atom. The molecule has 0 spiro atoms. The van der Waals surface area contributed by atoms with E-state index >= 15 is 0 Å². The predicted molar refractivity (Wildman–Crippen MR) is 79.2 cm³/mol. The molecule has 0 unspecified atom stereocenters. The van der Waals surface area contributed by atoms with Gasteiger partial charge in [0.05, 0.1) is 6.54 Å². The predicted octanol–water partition coefficient (Wildman–Crippen LogP) is 1.37. The SMILES string of the molecule is c1cc(OCCn2cccn2)cc(N2CCNCC2)c1. The lowest BCUT2D eigenvalue weighted by atomic mass is 10.2. The van der Waals surface area contributed by atoms with Gasteiger partial charge >= 0.3 is 0 Å². The van der Waals surface area contributed by atoms with Gasteiger partial charge in [-0.2, -0.15) is 5.10 Å². The average molecular weight is 272 g/mol. The van der Waals surface area contributed by atoms with Crippen LogP contribution in [0.25, 0.3) is 0 Å². The minimum Gasteiger partial charge on any atom is -0.492 e. The van der Waals surface area contributed by atoms with E-state index in [0.29, 0.717) is 6.61 Å². The number of piperazine rings is 1. The molecule has 0 amide bonds. The number of nitrogens with zero attached hydrogens (tertiary/aromatic N) is 3. The number of aromatic nitrogens is 2. The number of hydrogen-bond acceptors (Lipinski definition) is 4. The van der Waals surface area contributed by atoms with E-state index in [1.54, 1.807) is 6.20 Å². The Labute approximate surface area is 119 Å². The molecule has 1 saturated heterocycles. The van der Waals surface area contributed by atoms with Gasteiger partial charge in [-0.15, -0.1) is 0 Å². The smallest absolute Gasteiger partial charge is 0.121 e. The highest BCUT2D eigenvalue weighted by atomic mass is 16.5. The Hall–Kier alpha value is -2.01. The normalized spacial score (nSPS) is 15.3. The van der Waals surface area contributed by atoms with Crippen LogP contribution >= 0.6 is 0 Å². The molecule has 106 valence electrons. The summed E-state index contributed by atoms with van der Waals surface area (Å²) < 4.78 is 7.68. The maximum Gasteiger partial charge on any atom is 0.121 e. The van der Waals surface area contributed by atoms with Crippen LogP contribution in [0.2, 0.25) is 0 Å². The monoisotopic (exact) mass is 272 g/mol. The second-order valence-corrected chi connectivity index (χ2v) is 4.85. The van der Waals surface area contributed by atoms with Crippen LogP contribution in [0.4, 0.5) is 5.69 Å². The van der Waals surface area contributed by atoms with Gasteiger partial charge in [0, 0.05) is 50.3 Å². The summed E-state index contributed by atoms with van der Waals surface area (Å²) in [6.07, 6.45) is 3.73. The molecule has 0 saturated carbocycles. The maximum atomic E-state index is 5.81. The van der Waals surface area contributed by atoms with Crippen molar-refractivity contribution in [1.82, 2.24) is 15.1 Å². The zero-order valence-corrected chi connectivity index (χ0v) is 11.5. The van der Waals surface area contributed by atoms with Crippen molar-refractivity contribution in [3.8, 4) is 5.75 Å². The van der Waals surface area contributed by atoms with Crippen molar-refractivity contribution in [2.45, 2.75) is 6.54 Å². The summed E-state index contributed by atoms with van der Waals surface area (Å²) in [5.41, 5.74) is 1.24. The Morgan fingerprint density at radius 2 is 2.10 bits per heavy atom. The fourth-order valence-corrected chi connectivity index (χ4v) is 2.38. The summed E-state index contributed by atoms with van der Waals surface area (Å²) in [5.74, 6) is 0.924. The van der Waals surface area contributed by atoms with Crippen LogP contribution < -0.4 is 15.0 Å². The largest absolute Gasteiger partial charge is 0.492 e. The Kier molecular flexibility index (Phi) is 4.18. The Bertz CT molecular complexity index is 520. The highest BCUT2D eigenvalue weighted by Gasteiger charge is 2.10. The molecule has 1 aliphatic rings. The highest BCUT2D eigenvalue weighted by molar-refractivity contribution is 5.51. The first kappa shape index (κ1) is 13.0. The van der Waals surface area contributed by atoms with Crippen molar-refractivity contribution < 1.29 is 4.74 Å². The number of hydrogen-bond donors (Lipinski definition) is 1. The highest BCUT2D eigenvalue weighted by Crippen LogP contribution is 2.21. The summed E-state index contributed by atoms with van der Waals surface area (Å²) in [6.45, 7) is 5.60. The second-order valence-electron chi connectivity index (χ2n) is 4.85. The van der Waals surface area contributed by atoms with Crippen molar-refractivity contribution in [3.05, 3.63) is 42.7 Å². The molecular weight excluding hydrogens is 252 g/mol. The van der Waals surface area contributed by atoms with Gasteiger partial charge < -0.3 is 15.0 Å². The molecule has 20 heavy (non-hydrogen) atoms. The van der Waals surface area contributed by atoms with Crippen LogP contribution in [-0.4, -0.2) is 42.6 Å². The van der Waals surface area contributed by atoms with E-state index in [0.717, 1.165) is 38.5 Å². The van der Waals surface area contributed by atoms with E-state index < -0.39 is 0 Å². The molecule has 1 aliphatic heterocycles. The molecule has 1 aromatic carbocycles. The quantitative estimate of drug-likeness (QED) is 0.893. The zero-order valence-electron chi connectivity index (χ0n) is 11.5. The third-order valence-electron chi connectivity index (χ3n) is 3.45. The van der Waals surface area contributed by atoms with Crippen molar-refractivity contribution in [1.29, 1.82) is 0 Å². The van der Waals surface area contributed by atoms with Gasteiger partial charge in [0.25, 0.3) is 0 Å². The summed E-state index contributed by atoms with van der Waals surface area (Å²) in [5, 5.41) is 7.53. The van der Waals surface area contributed by atoms with Crippen LogP contribution in [0.1, 0.15) is 0 Å². The average Bonchev–Trinajstić information content (AvgIpc) is 3.02. The third kappa shape index (κ3) is 3.30. The van der Waals surface area contributed by atoms with E-state index in [4.69, 9.17) is 4.74 Å². The fraction of sp³-hybridized carbons (Fsp3) is 0.400. The lowest BCUT2D eigenvalue weighted by Crippen LogP contribution is -2.43. The minimum atomic E-state index is 0.632. The Morgan fingerprint density at radius 1 is 1.20 bits per heavy atom.